The fraction of sp³-hybridized carbons (Fsp3) is 0.333. The molecule has 3 aliphatic carbocycles. The summed E-state index contributed by atoms with van der Waals surface area (Å²) in [5.74, 6) is -12.1. The van der Waals surface area contributed by atoms with E-state index in [0.29, 0.717) is 5.56 Å². The fourth-order valence-electron chi connectivity index (χ4n) is 6.94. The number of aliphatic hydroxyl groups is 2. The van der Waals surface area contributed by atoms with E-state index < -0.39 is 75.3 Å². The van der Waals surface area contributed by atoms with Gasteiger partial charge in [0.2, 0.25) is 11.3 Å². The van der Waals surface area contributed by atoms with E-state index in [1.807, 2.05) is 6.92 Å². The molecular formula is C30H28N4O8. The average Bonchev–Trinajstić information content (AvgIpc) is 2.90. The van der Waals surface area contributed by atoms with Crippen molar-refractivity contribution in [2.24, 2.45) is 28.7 Å². The lowest BCUT2D eigenvalue weighted by molar-refractivity contribution is -0.221. The number of aromatic hydroxyl groups is 1. The van der Waals surface area contributed by atoms with Gasteiger partial charge in [-0.1, -0.05) is 42.0 Å². The molecule has 0 spiro atoms. The highest BCUT2D eigenvalue weighted by Crippen LogP contribution is 2.60. The van der Waals surface area contributed by atoms with Crippen LogP contribution in [0, 0.1) is 35.5 Å². The number of likely N-dealkylation sites (N-methyl/N-ethyl adjacent to an activating group) is 1. The SMILES string of the molecule is Cc1ccc(C=C2c3cccc(O)c3C(=O)C3C(=O)[C@]4(C#N)C(=O)C(C(N)=O)C(=O)[C@@H](N(C)C)[C@]4(O)[C@@H](O)[C@]23N)cc1. The van der Waals surface area contributed by atoms with Gasteiger partial charge in [0.1, 0.15) is 29.4 Å². The predicted octanol–water partition coefficient (Wildman–Crippen LogP) is -0.881. The van der Waals surface area contributed by atoms with Crippen LogP contribution in [0.1, 0.15) is 27.0 Å². The van der Waals surface area contributed by atoms with Crippen LogP contribution in [0.25, 0.3) is 11.6 Å². The zero-order valence-corrected chi connectivity index (χ0v) is 22.9. The summed E-state index contributed by atoms with van der Waals surface area (Å²) >= 11 is 0. The van der Waals surface area contributed by atoms with Crippen molar-refractivity contribution in [3.8, 4) is 11.8 Å². The number of Topliss-reactive ketones (excluding diaryl/α,β-unsaturated/α-hetero) is 4. The predicted molar refractivity (Wildman–Crippen MR) is 146 cm³/mol. The Kier molecular flexibility index (Phi) is 6.37. The molecule has 0 radical (unpaired) electrons. The first-order valence-corrected chi connectivity index (χ1v) is 13.0. The highest BCUT2D eigenvalue weighted by Gasteiger charge is 2.83. The number of fused-ring (bicyclic) bond motifs is 3. The summed E-state index contributed by atoms with van der Waals surface area (Å²) in [7, 11) is 2.54. The summed E-state index contributed by atoms with van der Waals surface area (Å²) in [4.78, 5) is 69.3. The number of phenolic OH excluding ortho intramolecular Hbond substituents is 1. The lowest BCUT2D eigenvalue weighted by atomic mass is 9.42. The Morgan fingerprint density at radius 2 is 1.69 bits per heavy atom. The van der Waals surface area contributed by atoms with E-state index in [1.165, 1.54) is 44.4 Å². The number of nitrogens with two attached hydrogens (primary N) is 2. The van der Waals surface area contributed by atoms with Crippen molar-refractivity contribution in [3.63, 3.8) is 0 Å². The number of nitriles is 1. The maximum absolute atomic E-state index is 14.5. The Balaban J connectivity index is 1.92. The van der Waals surface area contributed by atoms with Crippen LogP contribution < -0.4 is 11.5 Å². The van der Waals surface area contributed by atoms with Gasteiger partial charge in [-0.05, 0) is 49.9 Å². The van der Waals surface area contributed by atoms with Gasteiger partial charge in [0.25, 0.3) is 0 Å². The van der Waals surface area contributed by atoms with Crippen LogP contribution in [0.15, 0.2) is 42.5 Å². The Bertz CT molecular complexity index is 1670. The molecule has 2 fully saturated rings. The minimum Gasteiger partial charge on any atom is -0.507 e. The third kappa shape index (κ3) is 3.27. The first-order valence-electron chi connectivity index (χ1n) is 13.0. The summed E-state index contributed by atoms with van der Waals surface area (Å²) in [6.07, 6.45) is -1.03. The second kappa shape index (κ2) is 9.23. The number of carbonyl (C=O) groups is 5. The molecule has 0 aliphatic heterocycles. The zero-order valence-electron chi connectivity index (χ0n) is 22.9. The van der Waals surface area contributed by atoms with E-state index >= 15 is 0 Å². The smallest absolute Gasteiger partial charge is 0.235 e. The maximum atomic E-state index is 14.5. The van der Waals surface area contributed by atoms with E-state index in [0.717, 1.165) is 10.5 Å². The van der Waals surface area contributed by atoms with E-state index in [9.17, 15) is 44.6 Å². The first-order chi connectivity index (χ1) is 19.6. The number of phenols is 1. The maximum Gasteiger partial charge on any atom is 0.235 e. The van der Waals surface area contributed by atoms with Gasteiger partial charge < -0.3 is 26.8 Å². The van der Waals surface area contributed by atoms with Crippen molar-refractivity contribution in [1.29, 1.82) is 5.26 Å². The Morgan fingerprint density at radius 1 is 1.07 bits per heavy atom. The lowest BCUT2D eigenvalue weighted by Gasteiger charge is -2.62. The average molecular weight is 573 g/mol. The number of primary amides is 1. The third-order valence-electron chi connectivity index (χ3n) is 8.85. The second-order valence-corrected chi connectivity index (χ2v) is 11.3. The van der Waals surface area contributed by atoms with E-state index in [4.69, 9.17) is 11.5 Å². The standard InChI is InChI=1S/C30H28N4O8/c1-13-7-9-14(10-8-13)11-16-15-5-4-6-17(35)18(15)21(36)20-25(39)28(12-31)24(38)19(26(32)40)22(37)23(34(2)3)30(28,42)27(41)29(16,20)33/h4-11,19-20,23,27,35,41-42H,33H2,1-3H3,(H2,32,40)/t19?,20?,23-,27+,28+,29+,30+/m1/s1. The lowest BCUT2D eigenvalue weighted by Crippen LogP contribution is -2.88. The summed E-state index contributed by atoms with van der Waals surface area (Å²) in [5, 5.41) is 45.7. The molecule has 3 aliphatic rings. The number of nitrogens with zero attached hydrogens (tertiary/aromatic N) is 2. The normalized spacial score (nSPS) is 35.0. The van der Waals surface area contributed by atoms with Gasteiger partial charge in [0.05, 0.1) is 17.2 Å². The highest BCUT2D eigenvalue weighted by molar-refractivity contribution is 6.34. The van der Waals surface area contributed by atoms with Crippen LogP contribution in [0.3, 0.4) is 0 Å². The van der Waals surface area contributed by atoms with Gasteiger partial charge >= 0.3 is 0 Å². The molecule has 12 nitrogen and oxygen atoms in total. The number of aliphatic hydroxyl groups excluding tert-OH is 1. The minimum atomic E-state index is -3.31. The van der Waals surface area contributed by atoms with E-state index in [-0.39, 0.29) is 16.7 Å². The molecule has 7 N–H and O–H groups in total. The number of amides is 1. The molecule has 2 aromatic rings. The van der Waals surface area contributed by atoms with Crippen LogP contribution in [-0.2, 0) is 19.2 Å². The Labute approximate surface area is 239 Å². The quantitative estimate of drug-likeness (QED) is 0.284. The molecule has 2 unspecified atom stereocenters. The molecule has 5 rings (SSSR count). The van der Waals surface area contributed by atoms with E-state index in [2.05, 4.69) is 0 Å². The number of carbonyl (C=O) groups excluding carboxylic acids is 5. The van der Waals surface area contributed by atoms with Crippen LogP contribution in [-0.4, -0.2) is 86.6 Å². The van der Waals surface area contributed by atoms with E-state index in [1.54, 1.807) is 24.3 Å². The molecule has 0 aromatic heterocycles. The van der Waals surface area contributed by atoms with Crippen molar-refractivity contribution in [2.45, 2.75) is 30.2 Å². The van der Waals surface area contributed by atoms with Crippen LogP contribution in [0.4, 0.5) is 0 Å². The molecule has 1 amide bonds. The van der Waals surface area contributed by atoms with Crippen molar-refractivity contribution in [1.82, 2.24) is 4.90 Å². The van der Waals surface area contributed by atoms with Gasteiger partial charge in [-0.25, -0.2) is 0 Å². The number of aryl methyl sites for hydroxylation is 1. The van der Waals surface area contributed by atoms with Crippen LogP contribution in [0.5, 0.6) is 5.75 Å². The molecule has 0 saturated heterocycles. The number of benzene rings is 2. The zero-order chi connectivity index (χ0) is 31.1. The van der Waals surface area contributed by atoms with Crippen molar-refractivity contribution >= 4 is 40.7 Å². The number of ketones is 4. The molecule has 2 aromatic carbocycles. The van der Waals surface area contributed by atoms with Gasteiger partial charge in [0.15, 0.2) is 29.1 Å². The van der Waals surface area contributed by atoms with Gasteiger partial charge in [-0.2, -0.15) is 5.26 Å². The van der Waals surface area contributed by atoms with Crippen molar-refractivity contribution in [2.75, 3.05) is 14.1 Å². The molecule has 12 heteroatoms. The summed E-state index contributed by atoms with van der Waals surface area (Å²) in [6, 6.07) is 10.4. The number of hydrogen-bond donors (Lipinski definition) is 5. The monoisotopic (exact) mass is 572 g/mol. The molecule has 0 bridgehead atoms. The van der Waals surface area contributed by atoms with Gasteiger partial charge in [-0.3, -0.25) is 28.9 Å². The van der Waals surface area contributed by atoms with Crippen molar-refractivity contribution in [3.05, 3.63) is 64.7 Å². The largest absolute Gasteiger partial charge is 0.507 e. The number of rotatable bonds is 3. The minimum absolute atomic E-state index is 0.0316. The summed E-state index contributed by atoms with van der Waals surface area (Å²) < 4.78 is 0. The van der Waals surface area contributed by atoms with Crippen LogP contribution >= 0.6 is 0 Å². The fourth-order valence-corrected chi connectivity index (χ4v) is 6.94. The molecular weight excluding hydrogens is 544 g/mol. The topological polar surface area (TPSA) is 225 Å². The van der Waals surface area contributed by atoms with Crippen molar-refractivity contribution < 1.29 is 39.3 Å². The highest BCUT2D eigenvalue weighted by atomic mass is 16.4. The Hall–Kier alpha value is -4.54. The summed E-state index contributed by atoms with van der Waals surface area (Å²) in [5.41, 5.74) is 4.19. The first kappa shape index (κ1) is 29.0. The summed E-state index contributed by atoms with van der Waals surface area (Å²) in [6.45, 7) is 1.85. The van der Waals surface area contributed by atoms with Gasteiger partial charge in [0, 0.05) is 0 Å². The van der Waals surface area contributed by atoms with Gasteiger partial charge in [-0.15, -0.1) is 0 Å². The molecule has 216 valence electrons. The Morgan fingerprint density at radius 3 is 2.24 bits per heavy atom. The molecule has 7 atom stereocenters. The van der Waals surface area contributed by atoms with Crippen LogP contribution in [0.2, 0.25) is 0 Å². The molecule has 42 heavy (non-hydrogen) atoms. The number of hydrogen-bond acceptors (Lipinski definition) is 11. The molecule has 2 saturated carbocycles. The third-order valence-corrected chi connectivity index (χ3v) is 8.85. The molecule has 0 heterocycles. The second-order valence-electron chi connectivity index (χ2n) is 11.3.